The molecule has 0 aromatic heterocycles. The average molecular weight is 603 g/mol. The Bertz CT molecular complexity index is 1170. The summed E-state index contributed by atoms with van der Waals surface area (Å²) in [6.07, 6.45) is 42.1. The number of fused-ring (bicyclic) bond motifs is 6. The molecule has 0 saturated carbocycles. The summed E-state index contributed by atoms with van der Waals surface area (Å²) in [5, 5.41) is 2.73. The van der Waals surface area contributed by atoms with Gasteiger partial charge in [-0.15, -0.1) is 0 Å². The van der Waals surface area contributed by atoms with Crippen molar-refractivity contribution in [3.63, 3.8) is 0 Å². The first-order valence-corrected chi connectivity index (χ1v) is 18.6. The van der Waals surface area contributed by atoms with E-state index in [4.69, 9.17) is 14.2 Å². The Morgan fingerprint density at radius 2 is 1.07 bits per heavy atom. The number of unbranched alkanes of at least 4 members (excludes halogenated alkanes) is 16. The van der Waals surface area contributed by atoms with Crippen molar-refractivity contribution in [1.29, 1.82) is 0 Å². The molecule has 0 N–H and O–H groups in total. The van der Waals surface area contributed by atoms with Gasteiger partial charge in [-0.3, -0.25) is 0 Å². The normalized spacial score (nSPS) is 16.3. The molecular weight excluding hydrogens is 540 g/mol. The largest absolute Gasteiger partial charge is 0.379 e. The van der Waals surface area contributed by atoms with E-state index < -0.39 is 0 Å². The Kier molecular flexibility index (Phi) is 16.6. The molecule has 4 rings (SSSR count). The molecule has 0 spiro atoms. The summed E-state index contributed by atoms with van der Waals surface area (Å²) in [5.74, 6) is 0.287. The lowest BCUT2D eigenvalue weighted by Gasteiger charge is -2.21. The van der Waals surface area contributed by atoms with Crippen LogP contribution in [0.1, 0.15) is 158 Å². The highest BCUT2D eigenvalue weighted by atomic mass is 16.6. The van der Waals surface area contributed by atoms with E-state index in [0.29, 0.717) is 19.8 Å². The molecule has 1 aromatic rings. The fraction of sp³-hybridized carbons (Fsp3) is 0.659. The number of ether oxygens (including phenoxy) is 3. The van der Waals surface area contributed by atoms with Crippen LogP contribution in [0.3, 0.4) is 0 Å². The van der Waals surface area contributed by atoms with Crippen molar-refractivity contribution < 1.29 is 14.2 Å². The summed E-state index contributed by atoms with van der Waals surface area (Å²) in [6.45, 7) is 8.12. The molecule has 244 valence electrons. The first kappa shape index (κ1) is 34.9. The molecular formula is C41H62O3. The number of rotatable bonds is 27. The monoisotopic (exact) mass is 602 g/mol. The summed E-state index contributed by atoms with van der Waals surface area (Å²) >= 11 is 0. The van der Waals surface area contributed by atoms with Crippen LogP contribution in [-0.4, -0.2) is 39.1 Å². The Hall–Kier alpha value is -1.94. The van der Waals surface area contributed by atoms with Crippen molar-refractivity contribution in [2.75, 3.05) is 33.0 Å². The first-order valence-electron chi connectivity index (χ1n) is 18.6. The van der Waals surface area contributed by atoms with Gasteiger partial charge in [-0.25, -0.2) is 0 Å². The highest BCUT2D eigenvalue weighted by molar-refractivity contribution is 5.85. The zero-order valence-electron chi connectivity index (χ0n) is 28.3. The minimum Gasteiger partial charge on any atom is -0.379 e. The van der Waals surface area contributed by atoms with Gasteiger partial charge in [0.25, 0.3) is 0 Å². The molecule has 3 aliphatic rings. The minimum atomic E-state index is 0.00373. The lowest BCUT2D eigenvalue weighted by molar-refractivity contribution is -0.0618. The average Bonchev–Trinajstić information content (AvgIpc) is 3.80. The van der Waals surface area contributed by atoms with Gasteiger partial charge >= 0.3 is 0 Å². The maximum Gasteiger partial charge on any atom is 0.104 e. The van der Waals surface area contributed by atoms with Gasteiger partial charge in [0.15, 0.2) is 0 Å². The summed E-state index contributed by atoms with van der Waals surface area (Å²) in [5.41, 5.74) is 5.54. The van der Waals surface area contributed by atoms with E-state index in [-0.39, 0.29) is 12.0 Å². The molecule has 0 heterocycles. The van der Waals surface area contributed by atoms with Crippen LogP contribution >= 0.6 is 0 Å². The fourth-order valence-corrected chi connectivity index (χ4v) is 6.96. The van der Waals surface area contributed by atoms with E-state index in [0.717, 1.165) is 26.1 Å². The van der Waals surface area contributed by atoms with Crippen LogP contribution in [0.25, 0.3) is 30.4 Å². The fourth-order valence-electron chi connectivity index (χ4n) is 6.96. The van der Waals surface area contributed by atoms with E-state index in [1.807, 2.05) is 0 Å². The van der Waals surface area contributed by atoms with Gasteiger partial charge in [0, 0.05) is 19.1 Å². The van der Waals surface area contributed by atoms with Crippen LogP contribution in [0, 0.1) is 0 Å². The summed E-state index contributed by atoms with van der Waals surface area (Å²) in [4.78, 5) is 0. The Morgan fingerprint density at radius 3 is 1.70 bits per heavy atom. The van der Waals surface area contributed by atoms with Crippen LogP contribution < -0.4 is 10.4 Å². The topological polar surface area (TPSA) is 27.7 Å². The number of hydrogen-bond donors (Lipinski definition) is 0. The van der Waals surface area contributed by atoms with Gasteiger partial charge in [0.2, 0.25) is 0 Å². The predicted octanol–water partition coefficient (Wildman–Crippen LogP) is 9.89. The SMILES string of the molecule is CCCCCCCCCCCCOCC(COCC1C=Cc2c1c1c(c3c2C=CC=3)=CC=C1)OCCCCCCCCCC. The molecule has 0 fully saturated rings. The molecule has 0 radical (unpaired) electrons. The number of hydrogen-bond acceptors (Lipinski definition) is 3. The molecule has 0 amide bonds. The van der Waals surface area contributed by atoms with E-state index >= 15 is 0 Å². The molecule has 0 aliphatic heterocycles. The van der Waals surface area contributed by atoms with Gasteiger partial charge < -0.3 is 14.2 Å². The second-order valence-corrected chi connectivity index (χ2v) is 13.3. The van der Waals surface area contributed by atoms with Crippen LogP contribution in [0.2, 0.25) is 0 Å². The lowest BCUT2D eigenvalue weighted by atomic mass is 9.91. The molecule has 3 nitrogen and oxygen atoms in total. The lowest BCUT2D eigenvalue weighted by Crippen LogP contribution is -2.31. The van der Waals surface area contributed by atoms with E-state index in [2.05, 4.69) is 62.5 Å². The summed E-state index contributed by atoms with van der Waals surface area (Å²) in [6, 6.07) is 0. The molecule has 2 atom stereocenters. The predicted molar refractivity (Wildman–Crippen MR) is 190 cm³/mol. The Morgan fingerprint density at radius 1 is 0.545 bits per heavy atom. The second kappa shape index (κ2) is 21.0. The van der Waals surface area contributed by atoms with Crippen molar-refractivity contribution in [2.45, 2.75) is 141 Å². The molecule has 3 aliphatic carbocycles. The minimum absolute atomic E-state index is 0.00373. The zero-order chi connectivity index (χ0) is 30.7. The molecule has 0 saturated heterocycles. The number of benzene rings is 1. The Labute approximate surface area is 269 Å². The highest BCUT2D eigenvalue weighted by Crippen LogP contribution is 2.35. The van der Waals surface area contributed by atoms with Crippen LogP contribution in [0.15, 0.2) is 18.2 Å². The summed E-state index contributed by atoms with van der Waals surface area (Å²) < 4.78 is 18.9. The van der Waals surface area contributed by atoms with Gasteiger partial charge in [-0.05, 0) is 45.5 Å². The molecule has 44 heavy (non-hydrogen) atoms. The number of allylic oxidation sites excluding steroid dienone is 2. The molecule has 0 bridgehead atoms. The Balaban J connectivity index is 1.16. The van der Waals surface area contributed by atoms with Gasteiger partial charge in [0.1, 0.15) is 6.10 Å². The highest BCUT2D eigenvalue weighted by Gasteiger charge is 2.26. The van der Waals surface area contributed by atoms with Crippen molar-refractivity contribution in [3.8, 4) is 0 Å². The zero-order valence-corrected chi connectivity index (χ0v) is 28.3. The van der Waals surface area contributed by atoms with E-state index in [1.54, 1.807) is 0 Å². The third-order valence-electron chi connectivity index (χ3n) is 9.56. The van der Waals surface area contributed by atoms with Crippen molar-refractivity contribution >= 4 is 30.4 Å². The smallest absolute Gasteiger partial charge is 0.104 e. The molecule has 1 aromatic carbocycles. The van der Waals surface area contributed by atoms with Crippen LogP contribution in [-0.2, 0) is 14.2 Å². The third kappa shape index (κ3) is 11.1. The van der Waals surface area contributed by atoms with Crippen LogP contribution in [0.5, 0.6) is 0 Å². The van der Waals surface area contributed by atoms with Gasteiger partial charge in [-0.1, -0.05) is 165 Å². The van der Waals surface area contributed by atoms with E-state index in [1.165, 1.54) is 135 Å². The van der Waals surface area contributed by atoms with Crippen molar-refractivity contribution in [2.24, 2.45) is 0 Å². The second-order valence-electron chi connectivity index (χ2n) is 13.3. The third-order valence-corrected chi connectivity index (χ3v) is 9.56. The van der Waals surface area contributed by atoms with Crippen molar-refractivity contribution in [1.82, 2.24) is 0 Å². The molecule has 2 unspecified atom stereocenters. The van der Waals surface area contributed by atoms with Gasteiger partial charge in [0.05, 0.1) is 19.8 Å². The maximum absolute atomic E-state index is 6.39. The van der Waals surface area contributed by atoms with E-state index in [9.17, 15) is 0 Å². The van der Waals surface area contributed by atoms with Gasteiger partial charge in [-0.2, -0.15) is 0 Å². The molecule has 3 heteroatoms. The maximum atomic E-state index is 6.39. The first-order chi connectivity index (χ1) is 21.8. The quantitative estimate of drug-likeness (QED) is 0.0938. The van der Waals surface area contributed by atoms with Crippen LogP contribution in [0.4, 0.5) is 0 Å². The van der Waals surface area contributed by atoms with Crippen molar-refractivity contribution in [3.05, 3.63) is 50.9 Å². The summed E-state index contributed by atoms with van der Waals surface area (Å²) in [7, 11) is 0. The standard InChI is InChI=1S/C41H62O3/c1-3-5-7-9-11-13-14-15-17-19-29-42-32-35(44-30-20-18-16-12-10-8-6-4-2)33-43-31-34-27-28-40-38-24-21-23-36(38)37-25-22-26-39(37)41(34)40/h21-28,34-35H,3-20,29-33H2,1-2H3.